The van der Waals surface area contributed by atoms with Gasteiger partial charge in [0.2, 0.25) is 0 Å². The minimum absolute atomic E-state index is 0.950. The lowest BCUT2D eigenvalue weighted by Crippen LogP contribution is -2.03. The fourth-order valence-corrected chi connectivity index (χ4v) is 7.08. The van der Waals surface area contributed by atoms with Crippen LogP contribution in [-0.4, -0.2) is 43.6 Å². The lowest BCUT2D eigenvalue weighted by Gasteiger charge is -2.17. The van der Waals surface area contributed by atoms with E-state index in [0.717, 1.165) is 88.2 Å². The van der Waals surface area contributed by atoms with Crippen LogP contribution in [0.25, 0.3) is 82.5 Å². The number of aryl methyl sites for hydroxylation is 1. The Hall–Kier alpha value is -6.48. The summed E-state index contributed by atoms with van der Waals surface area (Å²) in [5.41, 5.74) is 10.4. The molecule has 46 heavy (non-hydrogen) atoms. The molecule has 0 amide bonds. The van der Waals surface area contributed by atoms with Gasteiger partial charge in [0, 0.05) is 106 Å². The van der Waals surface area contributed by atoms with Gasteiger partial charge in [-0.05, 0) is 61.5 Å². The van der Waals surface area contributed by atoms with E-state index in [1.165, 1.54) is 0 Å². The molecule has 0 unspecified atom stereocenters. The maximum Gasteiger partial charge on any atom is 0.0575 e. The van der Waals surface area contributed by atoms with Gasteiger partial charge in [0.15, 0.2) is 0 Å². The zero-order valence-corrected chi connectivity index (χ0v) is 24.6. The first kappa shape index (κ1) is 24.9. The van der Waals surface area contributed by atoms with Gasteiger partial charge in [-0.1, -0.05) is 0 Å². The van der Waals surface area contributed by atoms with Crippen LogP contribution in [0.2, 0.25) is 0 Å². The van der Waals surface area contributed by atoms with Crippen LogP contribution >= 0.6 is 0 Å². The topological polar surface area (TPSA) is 92.1 Å². The molecule has 0 saturated carbocycles. The van der Waals surface area contributed by atoms with Gasteiger partial charge in [0.25, 0.3) is 0 Å². The summed E-state index contributed by atoms with van der Waals surface area (Å²) >= 11 is 0. The molecule has 216 valence electrons. The number of fused-ring (bicyclic) bond motifs is 9. The predicted molar refractivity (Wildman–Crippen MR) is 181 cm³/mol. The standard InChI is InChI=1S/C37H23N9/c1-22-12-37-31(21-43-22)30-20-42-11-6-36(30)46(37)25-14-23(44-32-2-7-38-16-26(32)27-17-39-8-3-33(27)44)13-24(15-25)45-34-4-9-40-18-28(34)29-19-41-10-5-35(29)45/h2-21H,1H3. The maximum atomic E-state index is 4.64. The fraction of sp³-hybridized carbons (Fsp3) is 0.0270. The van der Waals surface area contributed by atoms with Crippen molar-refractivity contribution in [2.75, 3.05) is 0 Å². The molecule has 0 aliphatic carbocycles. The molecule has 0 fully saturated rings. The van der Waals surface area contributed by atoms with E-state index in [9.17, 15) is 0 Å². The highest BCUT2D eigenvalue weighted by Crippen LogP contribution is 2.38. The van der Waals surface area contributed by atoms with Crippen LogP contribution < -0.4 is 0 Å². The molecule has 0 atom stereocenters. The number of hydrogen-bond donors (Lipinski definition) is 0. The van der Waals surface area contributed by atoms with Gasteiger partial charge in [-0.15, -0.1) is 0 Å². The summed E-state index contributed by atoms with van der Waals surface area (Å²) in [5, 5.41) is 6.32. The lowest BCUT2D eigenvalue weighted by molar-refractivity contribution is 1.09. The molecule has 0 N–H and O–H groups in total. The highest BCUT2D eigenvalue weighted by atomic mass is 15.0. The quantitative estimate of drug-likeness (QED) is 0.209. The van der Waals surface area contributed by atoms with Crippen molar-refractivity contribution in [1.82, 2.24) is 43.6 Å². The van der Waals surface area contributed by atoms with Gasteiger partial charge in [0.05, 0.1) is 50.2 Å². The lowest BCUT2D eigenvalue weighted by atomic mass is 10.2. The third-order valence-electron chi connectivity index (χ3n) is 8.99. The van der Waals surface area contributed by atoms with E-state index in [4.69, 9.17) is 0 Å². The summed E-state index contributed by atoms with van der Waals surface area (Å²) in [4.78, 5) is 26.9. The van der Waals surface area contributed by atoms with E-state index < -0.39 is 0 Å². The Labute approximate surface area is 261 Å². The van der Waals surface area contributed by atoms with E-state index in [1.807, 2.05) is 75.1 Å². The van der Waals surface area contributed by atoms with Gasteiger partial charge in [-0.25, -0.2) is 0 Å². The van der Waals surface area contributed by atoms with Crippen LogP contribution in [0.5, 0.6) is 0 Å². The molecule has 9 heterocycles. The van der Waals surface area contributed by atoms with Gasteiger partial charge in [0.1, 0.15) is 0 Å². The Morgan fingerprint density at radius 2 is 0.674 bits per heavy atom. The molecule has 0 spiro atoms. The summed E-state index contributed by atoms with van der Waals surface area (Å²) in [5.74, 6) is 0. The number of pyridine rings is 6. The Bertz CT molecular complexity index is 2600. The van der Waals surface area contributed by atoms with Crippen molar-refractivity contribution in [2.45, 2.75) is 6.92 Å². The van der Waals surface area contributed by atoms with Crippen molar-refractivity contribution in [3.05, 3.63) is 128 Å². The smallest absolute Gasteiger partial charge is 0.0575 e. The minimum atomic E-state index is 0.950. The summed E-state index contributed by atoms with van der Waals surface area (Å²) in [6.45, 7) is 2.03. The van der Waals surface area contributed by atoms with Crippen LogP contribution in [0.15, 0.2) is 123 Å². The van der Waals surface area contributed by atoms with Crippen LogP contribution in [0.1, 0.15) is 5.69 Å². The van der Waals surface area contributed by atoms with Gasteiger partial charge >= 0.3 is 0 Å². The Morgan fingerprint density at radius 3 is 1.02 bits per heavy atom. The average molecular weight is 594 g/mol. The van der Waals surface area contributed by atoms with Crippen molar-refractivity contribution in [3.63, 3.8) is 0 Å². The first-order valence-corrected chi connectivity index (χ1v) is 15.0. The molecule has 0 radical (unpaired) electrons. The van der Waals surface area contributed by atoms with Crippen LogP contribution in [-0.2, 0) is 0 Å². The highest BCUT2D eigenvalue weighted by Gasteiger charge is 2.20. The Balaban J connectivity index is 1.39. The zero-order chi connectivity index (χ0) is 30.4. The van der Waals surface area contributed by atoms with Crippen molar-refractivity contribution < 1.29 is 0 Å². The molecule has 0 bridgehead atoms. The Kier molecular flexibility index (Phi) is 5.01. The summed E-state index contributed by atoms with van der Waals surface area (Å²) in [7, 11) is 0. The molecule has 9 nitrogen and oxygen atoms in total. The molecule has 0 saturated heterocycles. The first-order valence-electron chi connectivity index (χ1n) is 15.0. The van der Waals surface area contributed by atoms with Crippen molar-refractivity contribution in [2.24, 2.45) is 0 Å². The third-order valence-corrected chi connectivity index (χ3v) is 8.99. The minimum Gasteiger partial charge on any atom is -0.309 e. The molecule has 0 aliphatic heterocycles. The van der Waals surface area contributed by atoms with E-state index in [2.05, 4.69) is 98.2 Å². The van der Waals surface area contributed by atoms with Crippen molar-refractivity contribution in [1.29, 1.82) is 0 Å². The number of nitrogens with zero attached hydrogens (tertiary/aromatic N) is 9. The van der Waals surface area contributed by atoms with Crippen molar-refractivity contribution >= 4 is 65.4 Å². The SMILES string of the molecule is Cc1cc2c(cn1)c1cnccc1n2-c1cc(-n2c3ccncc3c3cnccc32)cc(-n2c3ccncc3c3cnccc32)c1. The van der Waals surface area contributed by atoms with Crippen LogP contribution in [0, 0.1) is 6.92 Å². The molecular formula is C37H23N9. The molecular weight excluding hydrogens is 570 g/mol. The number of benzene rings is 1. The first-order chi connectivity index (χ1) is 22.7. The summed E-state index contributed by atoms with van der Waals surface area (Å²) in [6, 6.07) is 19.3. The maximum absolute atomic E-state index is 4.64. The summed E-state index contributed by atoms with van der Waals surface area (Å²) in [6.07, 6.45) is 20.8. The molecule has 9 heteroatoms. The normalized spacial score (nSPS) is 12.0. The molecule has 10 aromatic rings. The van der Waals surface area contributed by atoms with Gasteiger partial charge in [-0.2, -0.15) is 0 Å². The Morgan fingerprint density at radius 1 is 0.370 bits per heavy atom. The van der Waals surface area contributed by atoms with E-state index in [0.29, 0.717) is 0 Å². The second-order valence-electron chi connectivity index (χ2n) is 11.5. The molecule has 1 aromatic carbocycles. The second-order valence-corrected chi connectivity index (χ2v) is 11.5. The molecule has 10 rings (SSSR count). The van der Waals surface area contributed by atoms with Gasteiger partial charge < -0.3 is 13.7 Å². The number of rotatable bonds is 3. The molecule has 0 aliphatic rings. The average Bonchev–Trinajstić information content (AvgIpc) is 3.73. The second kappa shape index (κ2) is 9.26. The van der Waals surface area contributed by atoms with Crippen LogP contribution in [0.3, 0.4) is 0 Å². The van der Waals surface area contributed by atoms with E-state index in [-0.39, 0.29) is 0 Å². The third kappa shape index (κ3) is 3.39. The van der Waals surface area contributed by atoms with E-state index in [1.54, 1.807) is 0 Å². The van der Waals surface area contributed by atoms with E-state index >= 15 is 0 Å². The number of hydrogen-bond acceptors (Lipinski definition) is 6. The highest BCUT2D eigenvalue weighted by molar-refractivity contribution is 6.11. The number of aromatic nitrogens is 9. The largest absolute Gasteiger partial charge is 0.309 e. The molecule has 9 aromatic heterocycles. The van der Waals surface area contributed by atoms with Crippen molar-refractivity contribution in [3.8, 4) is 17.1 Å². The summed E-state index contributed by atoms with van der Waals surface area (Å²) < 4.78 is 6.93. The monoisotopic (exact) mass is 593 g/mol. The fourth-order valence-electron chi connectivity index (χ4n) is 7.08. The predicted octanol–water partition coefficient (Wildman–Crippen LogP) is 7.66. The zero-order valence-electron chi connectivity index (χ0n) is 24.6. The van der Waals surface area contributed by atoms with Gasteiger partial charge in [-0.3, -0.25) is 29.9 Å². The van der Waals surface area contributed by atoms with Crippen LogP contribution in [0.4, 0.5) is 0 Å².